The Labute approximate surface area is 192 Å². The Kier molecular flexibility index (Phi) is 6.95. The van der Waals surface area contributed by atoms with E-state index in [4.69, 9.17) is 15.7 Å². The number of primary amides is 1. The van der Waals surface area contributed by atoms with Gasteiger partial charge in [-0.25, -0.2) is 0 Å². The quantitative estimate of drug-likeness (QED) is 0.543. The highest BCUT2D eigenvalue weighted by atomic mass is 16.5. The van der Waals surface area contributed by atoms with E-state index in [2.05, 4.69) is 25.2 Å². The maximum absolute atomic E-state index is 11.9. The number of nitrogens with zero attached hydrogens (tertiary/aromatic N) is 5. The van der Waals surface area contributed by atoms with Gasteiger partial charge in [0.15, 0.2) is 6.61 Å². The zero-order valence-electron chi connectivity index (χ0n) is 18.1. The van der Waals surface area contributed by atoms with E-state index >= 15 is 0 Å². The predicted molar refractivity (Wildman–Crippen MR) is 124 cm³/mol. The third kappa shape index (κ3) is 5.74. The van der Waals surface area contributed by atoms with Crippen LogP contribution < -0.4 is 20.7 Å². The molecule has 0 saturated carbocycles. The van der Waals surface area contributed by atoms with Crippen LogP contribution >= 0.6 is 0 Å². The van der Waals surface area contributed by atoms with Gasteiger partial charge < -0.3 is 20.7 Å². The molecule has 0 atom stereocenters. The van der Waals surface area contributed by atoms with Crippen LogP contribution in [0.2, 0.25) is 0 Å². The molecule has 1 amide bonds. The number of ether oxygens (including phenoxy) is 1. The standard InChI is InChI=1S/C24H25N7O2/c25-7-12-33-21-3-1-20(2-4-21)31-10-5-17(6-11-31)30-23-14-18(29-16-22(23)24(26)32)13-19-15-27-8-9-28-19/h1-4,8-9,14-17H,5-6,10-13H2,(H2,26,32)(H,29,30). The van der Waals surface area contributed by atoms with Gasteiger partial charge in [-0.15, -0.1) is 0 Å². The van der Waals surface area contributed by atoms with Crippen molar-refractivity contribution < 1.29 is 9.53 Å². The molecule has 1 fully saturated rings. The first-order valence-corrected chi connectivity index (χ1v) is 10.8. The van der Waals surface area contributed by atoms with Crippen molar-refractivity contribution in [3.63, 3.8) is 0 Å². The number of piperidine rings is 1. The predicted octanol–water partition coefficient (Wildman–Crippen LogP) is 2.54. The molecule has 0 bridgehead atoms. The molecule has 168 valence electrons. The summed E-state index contributed by atoms with van der Waals surface area (Å²) in [6.45, 7) is 1.79. The minimum absolute atomic E-state index is 0.0408. The first-order valence-electron chi connectivity index (χ1n) is 10.8. The summed E-state index contributed by atoms with van der Waals surface area (Å²) in [4.78, 5) is 27.0. The Balaban J connectivity index is 1.39. The first-order chi connectivity index (χ1) is 16.1. The van der Waals surface area contributed by atoms with Crippen LogP contribution in [0, 0.1) is 11.3 Å². The number of amides is 1. The summed E-state index contributed by atoms with van der Waals surface area (Å²) < 4.78 is 5.32. The summed E-state index contributed by atoms with van der Waals surface area (Å²) in [7, 11) is 0. The Hall–Kier alpha value is -4.19. The van der Waals surface area contributed by atoms with Crippen molar-refractivity contribution in [2.24, 2.45) is 5.73 Å². The van der Waals surface area contributed by atoms with Crippen LogP contribution in [0.15, 0.2) is 55.1 Å². The molecule has 0 radical (unpaired) electrons. The van der Waals surface area contributed by atoms with Crippen molar-refractivity contribution in [3.05, 3.63) is 72.1 Å². The lowest BCUT2D eigenvalue weighted by molar-refractivity contribution is 0.100. The van der Waals surface area contributed by atoms with Gasteiger partial charge >= 0.3 is 0 Å². The van der Waals surface area contributed by atoms with E-state index in [1.165, 1.54) is 6.20 Å². The zero-order valence-corrected chi connectivity index (χ0v) is 18.1. The lowest BCUT2D eigenvalue weighted by Gasteiger charge is -2.34. The van der Waals surface area contributed by atoms with E-state index in [9.17, 15) is 4.79 Å². The fourth-order valence-electron chi connectivity index (χ4n) is 3.89. The smallest absolute Gasteiger partial charge is 0.252 e. The number of carbonyl (C=O) groups excluding carboxylic acids is 1. The second kappa shape index (κ2) is 10.4. The Morgan fingerprint density at radius 2 is 1.94 bits per heavy atom. The average molecular weight is 444 g/mol. The second-order valence-electron chi connectivity index (χ2n) is 7.81. The molecule has 2 aromatic heterocycles. The summed E-state index contributed by atoms with van der Waals surface area (Å²) in [5.41, 5.74) is 9.38. The van der Waals surface area contributed by atoms with E-state index in [-0.39, 0.29) is 12.6 Å². The molecule has 4 rings (SSSR count). The molecule has 9 heteroatoms. The topological polar surface area (TPSA) is 130 Å². The van der Waals surface area contributed by atoms with Crippen molar-refractivity contribution in [3.8, 4) is 11.8 Å². The van der Waals surface area contributed by atoms with Crippen LogP contribution in [-0.4, -0.2) is 46.6 Å². The molecular formula is C24H25N7O2. The SMILES string of the molecule is N#CCOc1ccc(N2CCC(Nc3cc(Cc4cnccn4)ncc3C(N)=O)CC2)cc1. The molecule has 1 aliphatic rings. The molecule has 1 aromatic carbocycles. The fourth-order valence-corrected chi connectivity index (χ4v) is 3.89. The number of nitriles is 1. The largest absolute Gasteiger partial charge is 0.479 e. The van der Waals surface area contributed by atoms with Crippen LogP contribution in [0.5, 0.6) is 5.75 Å². The number of benzene rings is 1. The second-order valence-corrected chi connectivity index (χ2v) is 7.81. The zero-order chi connectivity index (χ0) is 23.0. The summed E-state index contributed by atoms with van der Waals surface area (Å²) in [6, 6.07) is 11.8. The lowest BCUT2D eigenvalue weighted by atomic mass is 10.0. The number of nitrogens with two attached hydrogens (primary N) is 1. The van der Waals surface area contributed by atoms with Crippen LogP contribution in [0.25, 0.3) is 0 Å². The minimum atomic E-state index is -0.507. The molecule has 3 aromatic rings. The van der Waals surface area contributed by atoms with Crippen LogP contribution in [0.1, 0.15) is 34.6 Å². The average Bonchev–Trinajstić information content (AvgIpc) is 2.84. The van der Waals surface area contributed by atoms with Gasteiger partial charge in [-0.1, -0.05) is 0 Å². The molecule has 0 unspecified atom stereocenters. The lowest BCUT2D eigenvalue weighted by Crippen LogP contribution is -2.39. The third-order valence-electron chi connectivity index (χ3n) is 5.56. The molecule has 1 aliphatic heterocycles. The van der Waals surface area contributed by atoms with E-state index in [0.29, 0.717) is 23.4 Å². The maximum Gasteiger partial charge on any atom is 0.252 e. The summed E-state index contributed by atoms with van der Waals surface area (Å²) >= 11 is 0. The highest BCUT2D eigenvalue weighted by molar-refractivity contribution is 5.98. The highest BCUT2D eigenvalue weighted by Crippen LogP contribution is 2.26. The van der Waals surface area contributed by atoms with Gasteiger partial charge in [-0.05, 0) is 43.2 Å². The van der Waals surface area contributed by atoms with Crippen molar-refractivity contribution >= 4 is 17.3 Å². The van der Waals surface area contributed by atoms with Gasteiger partial charge in [0.2, 0.25) is 0 Å². The molecule has 9 nitrogen and oxygen atoms in total. The number of hydrogen-bond donors (Lipinski definition) is 2. The Morgan fingerprint density at radius 3 is 2.61 bits per heavy atom. The normalized spacial score (nSPS) is 13.8. The van der Waals surface area contributed by atoms with Crippen LogP contribution in [-0.2, 0) is 6.42 Å². The summed E-state index contributed by atoms with van der Waals surface area (Å²) in [5, 5.41) is 12.1. The van der Waals surface area contributed by atoms with E-state index < -0.39 is 5.91 Å². The number of carbonyl (C=O) groups is 1. The molecule has 0 aliphatic carbocycles. The van der Waals surface area contributed by atoms with E-state index in [1.807, 2.05) is 36.4 Å². The number of pyridine rings is 1. The molecule has 3 N–H and O–H groups in total. The first kappa shape index (κ1) is 22.0. The van der Waals surface area contributed by atoms with Crippen molar-refractivity contribution in [1.82, 2.24) is 15.0 Å². The van der Waals surface area contributed by atoms with Crippen molar-refractivity contribution in [2.45, 2.75) is 25.3 Å². The van der Waals surface area contributed by atoms with Gasteiger partial charge in [0.05, 0.1) is 16.9 Å². The van der Waals surface area contributed by atoms with Crippen molar-refractivity contribution in [1.29, 1.82) is 5.26 Å². The fraction of sp³-hybridized carbons (Fsp3) is 0.292. The van der Waals surface area contributed by atoms with Gasteiger partial charge in [-0.2, -0.15) is 5.26 Å². The highest BCUT2D eigenvalue weighted by Gasteiger charge is 2.21. The number of rotatable bonds is 8. The minimum Gasteiger partial charge on any atom is -0.479 e. The van der Waals surface area contributed by atoms with E-state index in [0.717, 1.165) is 43.0 Å². The van der Waals surface area contributed by atoms with Gasteiger partial charge in [0.1, 0.15) is 11.8 Å². The summed E-state index contributed by atoms with van der Waals surface area (Å²) in [5.74, 6) is 0.179. The number of aromatic nitrogens is 3. The van der Waals surface area contributed by atoms with Crippen molar-refractivity contribution in [2.75, 3.05) is 29.9 Å². The molecule has 33 heavy (non-hydrogen) atoms. The van der Waals surface area contributed by atoms with E-state index in [1.54, 1.807) is 18.6 Å². The molecule has 0 spiro atoms. The number of nitrogens with one attached hydrogen (secondary N) is 1. The molecular weight excluding hydrogens is 418 g/mol. The molecule has 1 saturated heterocycles. The Bertz CT molecular complexity index is 1120. The summed E-state index contributed by atoms with van der Waals surface area (Å²) in [6.07, 6.45) is 8.85. The third-order valence-corrected chi connectivity index (χ3v) is 5.56. The van der Waals surface area contributed by atoms with Gasteiger partial charge in [0, 0.05) is 61.7 Å². The van der Waals surface area contributed by atoms with Gasteiger partial charge in [0.25, 0.3) is 5.91 Å². The molecule has 3 heterocycles. The monoisotopic (exact) mass is 443 g/mol. The van der Waals surface area contributed by atoms with Gasteiger partial charge in [-0.3, -0.25) is 19.7 Å². The van der Waals surface area contributed by atoms with Crippen LogP contribution in [0.3, 0.4) is 0 Å². The Morgan fingerprint density at radius 1 is 1.15 bits per heavy atom. The van der Waals surface area contributed by atoms with Crippen LogP contribution in [0.4, 0.5) is 11.4 Å². The number of anilines is 2. The maximum atomic E-state index is 11.9. The number of hydrogen-bond acceptors (Lipinski definition) is 8.